The van der Waals surface area contributed by atoms with Crippen LogP contribution in [0.25, 0.3) is 10.9 Å². The smallest absolute Gasteiger partial charge is 0.263 e. The van der Waals surface area contributed by atoms with E-state index in [0.29, 0.717) is 31.7 Å². The number of aromatic nitrogens is 3. The van der Waals surface area contributed by atoms with Gasteiger partial charge in [0.15, 0.2) is 0 Å². The van der Waals surface area contributed by atoms with Crippen molar-refractivity contribution in [2.75, 3.05) is 35.8 Å². The fourth-order valence-corrected chi connectivity index (χ4v) is 5.95. The number of nitrogens with zero attached hydrogens (tertiary/aromatic N) is 5. The zero-order valence-corrected chi connectivity index (χ0v) is 20.5. The van der Waals surface area contributed by atoms with Crippen molar-refractivity contribution in [2.45, 2.75) is 17.9 Å². The molecule has 1 saturated heterocycles. The number of hydrogen-bond acceptors (Lipinski definition) is 7. The van der Waals surface area contributed by atoms with Crippen LogP contribution in [-0.2, 0) is 14.8 Å². The first kappa shape index (κ1) is 23.2. The summed E-state index contributed by atoms with van der Waals surface area (Å²) in [6, 6.07) is 12.6. The van der Waals surface area contributed by atoms with Crippen LogP contribution >= 0.6 is 11.3 Å². The van der Waals surface area contributed by atoms with Crippen LogP contribution in [0.4, 0.5) is 15.2 Å². The van der Waals surface area contributed by atoms with Crippen LogP contribution in [0.15, 0.2) is 65.1 Å². The van der Waals surface area contributed by atoms with E-state index in [9.17, 15) is 17.6 Å². The second-order valence-corrected chi connectivity index (χ2v) is 10.8. The Morgan fingerprint density at radius 3 is 2.54 bits per heavy atom. The summed E-state index contributed by atoms with van der Waals surface area (Å²) < 4.78 is 43.0. The van der Waals surface area contributed by atoms with Gasteiger partial charge in [-0.3, -0.25) is 9.52 Å². The van der Waals surface area contributed by atoms with Crippen molar-refractivity contribution in [1.29, 1.82) is 0 Å². The maximum absolute atomic E-state index is 13.7. The van der Waals surface area contributed by atoms with Gasteiger partial charge in [-0.1, -0.05) is 11.3 Å². The van der Waals surface area contributed by atoms with Gasteiger partial charge in [-0.2, -0.15) is 0 Å². The molecule has 3 heterocycles. The molecule has 1 atom stereocenters. The summed E-state index contributed by atoms with van der Waals surface area (Å²) in [5, 5.41) is 8.43. The van der Waals surface area contributed by atoms with Crippen LogP contribution in [0.3, 0.4) is 0 Å². The number of amides is 1. The predicted molar refractivity (Wildman–Crippen MR) is 135 cm³/mol. The van der Waals surface area contributed by atoms with Crippen LogP contribution in [-0.4, -0.2) is 60.2 Å². The van der Waals surface area contributed by atoms with Crippen molar-refractivity contribution >= 4 is 49.0 Å². The average molecular weight is 517 g/mol. The third kappa shape index (κ3) is 4.71. The molecule has 184 valence electrons. The normalized spacial score (nSPS) is 15.4. The summed E-state index contributed by atoms with van der Waals surface area (Å²) in [4.78, 5) is 17.2. The molecule has 2 aromatic carbocycles. The monoisotopic (exact) mass is 516 g/mol. The highest BCUT2D eigenvalue weighted by atomic mass is 32.2. The zero-order chi connectivity index (χ0) is 24.6. The molecule has 35 heavy (non-hydrogen) atoms. The summed E-state index contributed by atoms with van der Waals surface area (Å²) in [5.74, 6) is -0.351. The van der Waals surface area contributed by atoms with Gasteiger partial charge in [-0.25, -0.2) is 12.8 Å². The molecule has 0 spiro atoms. The molecule has 0 radical (unpaired) electrons. The van der Waals surface area contributed by atoms with Gasteiger partial charge >= 0.3 is 0 Å². The first-order valence-electron chi connectivity index (χ1n) is 11.0. The molecule has 0 saturated carbocycles. The largest absolute Gasteiger partial charge is 0.368 e. The molecule has 1 aliphatic heterocycles. The Labute approximate surface area is 207 Å². The van der Waals surface area contributed by atoms with Gasteiger partial charge in [0.1, 0.15) is 17.4 Å². The number of fused-ring (bicyclic) bond motifs is 1. The molecule has 1 N–H and O–H groups in total. The van der Waals surface area contributed by atoms with Crippen LogP contribution < -0.4 is 9.62 Å². The highest BCUT2D eigenvalue weighted by molar-refractivity contribution is 7.93. The lowest BCUT2D eigenvalue weighted by molar-refractivity contribution is -0.134. The summed E-state index contributed by atoms with van der Waals surface area (Å²) in [6.07, 6.45) is 1.82. The second-order valence-electron chi connectivity index (χ2n) is 8.26. The molecule has 1 unspecified atom stereocenters. The molecule has 12 heteroatoms. The molecule has 1 amide bonds. The Hall–Kier alpha value is -3.51. The highest BCUT2D eigenvalue weighted by Crippen LogP contribution is 2.25. The Kier molecular flexibility index (Phi) is 6.15. The molecule has 2 aromatic heterocycles. The summed E-state index contributed by atoms with van der Waals surface area (Å²) >= 11 is 1.10. The number of benzene rings is 2. The molecule has 1 aliphatic rings. The van der Waals surface area contributed by atoms with Crippen molar-refractivity contribution < 1.29 is 19.0 Å². The first-order chi connectivity index (χ1) is 16.8. The molecule has 1 fully saturated rings. The number of piperazine rings is 1. The van der Waals surface area contributed by atoms with Crippen molar-refractivity contribution in [3.63, 3.8) is 0 Å². The third-order valence-corrected chi connectivity index (χ3v) is 8.24. The maximum Gasteiger partial charge on any atom is 0.263 e. The van der Waals surface area contributed by atoms with Crippen LogP contribution in [0, 0.1) is 5.82 Å². The molecule has 0 aliphatic carbocycles. The van der Waals surface area contributed by atoms with Gasteiger partial charge in [-0.15, -0.1) is 10.2 Å². The fraction of sp³-hybridized carbons (Fsp3) is 0.261. The lowest BCUT2D eigenvalue weighted by Gasteiger charge is -2.37. The van der Waals surface area contributed by atoms with Gasteiger partial charge in [-0.05, 0) is 60.8 Å². The highest BCUT2D eigenvalue weighted by Gasteiger charge is 2.27. The minimum Gasteiger partial charge on any atom is -0.368 e. The van der Waals surface area contributed by atoms with E-state index in [-0.39, 0.29) is 23.2 Å². The van der Waals surface area contributed by atoms with E-state index < -0.39 is 16.1 Å². The second kappa shape index (κ2) is 9.27. The maximum atomic E-state index is 13.7. The molecule has 5 rings (SSSR count). The van der Waals surface area contributed by atoms with Crippen LogP contribution in [0.2, 0.25) is 0 Å². The van der Waals surface area contributed by atoms with E-state index >= 15 is 0 Å². The van der Waals surface area contributed by atoms with E-state index in [0.717, 1.165) is 22.4 Å². The average Bonchev–Trinajstić information content (AvgIpc) is 3.52. The van der Waals surface area contributed by atoms with Gasteiger partial charge in [0.05, 0.1) is 10.4 Å². The number of anilines is 2. The standard InChI is InChI=1S/C23H23FN6O3S2.H2/c1-16(30-9-8-17-2-3-18(24)14-21(17)30)22(31)29-12-10-28(11-13-29)19-4-6-20(7-5-19)35(32,33)27-23-26-25-15-34-23;/h2-9,14-16H,10-13H2,1H3,(H,26,27);1H. The number of carbonyl (C=O) groups is 1. The van der Waals surface area contributed by atoms with Crippen molar-refractivity contribution in [2.24, 2.45) is 0 Å². The van der Waals surface area contributed by atoms with Gasteiger partial charge in [0, 0.05) is 39.5 Å². The molecule has 0 bridgehead atoms. The number of hydrogen-bond donors (Lipinski definition) is 1. The third-order valence-electron chi connectivity index (χ3n) is 6.15. The quantitative estimate of drug-likeness (QED) is 0.420. The zero-order valence-electron chi connectivity index (χ0n) is 18.8. The van der Waals surface area contributed by atoms with Crippen LogP contribution in [0.1, 0.15) is 14.4 Å². The van der Waals surface area contributed by atoms with Gasteiger partial charge in [0.2, 0.25) is 11.0 Å². The van der Waals surface area contributed by atoms with Crippen molar-refractivity contribution in [3.05, 3.63) is 66.1 Å². The van der Waals surface area contributed by atoms with Crippen molar-refractivity contribution in [1.82, 2.24) is 19.7 Å². The van der Waals surface area contributed by atoms with E-state index in [1.165, 1.54) is 17.6 Å². The lowest BCUT2D eigenvalue weighted by Crippen LogP contribution is -2.50. The lowest BCUT2D eigenvalue weighted by atomic mass is 10.2. The minimum atomic E-state index is -3.74. The summed E-state index contributed by atoms with van der Waals surface area (Å²) in [5.41, 5.74) is 3.03. The molecule has 4 aromatic rings. The van der Waals surface area contributed by atoms with Gasteiger partial charge < -0.3 is 14.4 Å². The Balaban J connectivity index is 0.00000304. The Bertz CT molecular complexity index is 1450. The van der Waals surface area contributed by atoms with E-state index in [1.54, 1.807) is 30.3 Å². The molecular formula is C23H25FN6O3S2. The van der Waals surface area contributed by atoms with Crippen molar-refractivity contribution in [3.8, 4) is 0 Å². The molecule has 9 nitrogen and oxygen atoms in total. The van der Waals surface area contributed by atoms with Crippen LogP contribution in [0.5, 0.6) is 0 Å². The van der Waals surface area contributed by atoms with E-state index in [1.807, 2.05) is 28.7 Å². The fourth-order valence-electron chi connectivity index (χ4n) is 4.26. The molecular weight excluding hydrogens is 491 g/mol. The Morgan fingerprint density at radius 2 is 1.86 bits per heavy atom. The SMILES string of the molecule is CC(C(=O)N1CCN(c2ccc(S(=O)(=O)Nc3nncs3)cc2)CC1)n1ccc2ccc(F)cc21.[HH]. The van der Waals surface area contributed by atoms with Gasteiger partial charge in [0.25, 0.3) is 10.0 Å². The summed E-state index contributed by atoms with van der Waals surface area (Å²) in [6.45, 7) is 4.14. The van der Waals surface area contributed by atoms with E-state index in [4.69, 9.17) is 0 Å². The van der Waals surface area contributed by atoms with E-state index in [2.05, 4.69) is 19.8 Å². The first-order valence-corrected chi connectivity index (χ1v) is 13.4. The summed E-state index contributed by atoms with van der Waals surface area (Å²) in [7, 11) is -3.74. The Morgan fingerprint density at radius 1 is 1.11 bits per heavy atom. The number of nitrogens with one attached hydrogen (secondary N) is 1. The number of halogens is 1. The predicted octanol–water partition coefficient (Wildman–Crippen LogP) is 3.59. The minimum absolute atomic E-state index is 0. The number of carbonyl (C=O) groups excluding carboxylic acids is 1. The number of rotatable bonds is 6. The number of sulfonamides is 1. The topological polar surface area (TPSA) is 100 Å².